The molecule has 112 valence electrons. The van der Waals surface area contributed by atoms with Crippen LogP contribution in [0.1, 0.15) is 33.1 Å². The van der Waals surface area contributed by atoms with Gasteiger partial charge in [0.05, 0.1) is 4.75 Å². The van der Waals surface area contributed by atoms with Crippen molar-refractivity contribution in [2.45, 2.75) is 37.9 Å². The Balaban J connectivity index is 2.60. The Morgan fingerprint density at radius 2 is 2.05 bits per heavy atom. The monoisotopic (exact) mass is 334 g/mol. The van der Waals surface area contributed by atoms with Gasteiger partial charge in [0.1, 0.15) is 16.4 Å². The van der Waals surface area contributed by atoms with Crippen LogP contribution in [0, 0.1) is 5.41 Å². The molecule has 2 rings (SSSR count). The molecule has 3 unspecified atom stereocenters. The van der Waals surface area contributed by atoms with Crippen LogP contribution in [0.4, 0.5) is 0 Å². The van der Waals surface area contributed by atoms with E-state index in [9.17, 15) is 13.8 Å². The summed E-state index contributed by atoms with van der Waals surface area (Å²) in [5.74, 6) is -0.120. The average Bonchev–Trinajstić information content (AvgIpc) is 2.50. The topological polar surface area (TPSA) is 66.5 Å². The van der Waals surface area contributed by atoms with Gasteiger partial charge in [-0.1, -0.05) is 13.3 Å². The third kappa shape index (κ3) is 1.80. The van der Waals surface area contributed by atoms with Crippen molar-refractivity contribution in [3.05, 3.63) is 0 Å². The number of carbonyl (C=O) groups is 2. The number of thioether (sulfide) groups is 1. The zero-order chi connectivity index (χ0) is 15.1. The lowest BCUT2D eigenvalue weighted by molar-refractivity contribution is -0.147. The maximum atomic E-state index is 12.8. The van der Waals surface area contributed by atoms with Gasteiger partial charge < -0.3 is 5.32 Å². The van der Waals surface area contributed by atoms with Gasteiger partial charge in [-0.25, -0.2) is 8.51 Å². The summed E-state index contributed by atoms with van der Waals surface area (Å²) in [7, 11) is -1.61. The Hall–Kier alpha value is -0.470. The van der Waals surface area contributed by atoms with Crippen LogP contribution >= 0.6 is 24.0 Å². The first-order valence-electron chi connectivity index (χ1n) is 6.47. The van der Waals surface area contributed by atoms with E-state index in [1.54, 1.807) is 18.7 Å². The molecule has 8 heteroatoms. The summed E-state index contributed by atoms with van der Waals surface area (Å²) in [6.45, 7) is 3.74. The van der Waals surface area contributed by atoms with E-state index >= 15 is 0 Å². The molecule has 0 aromatic rings. The first-order chi connectivity index (χ1) is 9.36. The van der Waals surface area contributed by atoms with Gasteiger partial charge >= 0.3 is 0 Å². The Kier molecular flexibility index (Phi) is 4.28. The SMILES string of the molecule is CCCC1(C)S(=O)N2C(=O)C1(CCSC)C(=O)NC2=S. The molecule has 2 fully saturated rings. The normalized spacial score (nSPS) is 36.5. The zero-order valence-electron chi connectivity index (χ0n) is 11.7. The van der Waals surface area contributed by atoms with Gasteiger partial charge in [-0.15, -0.1) is 0 Å². The molecule has 0 aromatic carbocycles. The molecule has 0 aromatic heterocycles. The summed E-state index contributed by atoms with van der Waals surface area (Å²) in [6.07, 6.45) is 3.62. The van der Waals surface area contributed by atoms with Gasteiger partial charge in [-0.2, -0.15) is 11.8 Å². The van der Waals surface area contributed by atoms with E-state index in [4.69, 9.17) is 12.2 Å². The number of fused-ring (bicyclic) bond motifs is 2. The van der Waals surface area contributed by atoms with E-state index in [1.165, 1.54) is 0 Å². The fraction of sp³-hybridized carbons (Fsp3) is 0.750. The van der Waals surface area contributed by atoms with E-state index < -0.39 is 27.1 Å². The minimum Gasteiger partial charge on any atom is -0.301 e. The maximum absolute atomic E-state index is 12.8. The van der Waals surface area contributed by atoms with Crippen molar-refractivity contribution in [1.29, 1.82) is 0 Å². The highest BCUT2D eigenvalue weighted by atomic mass is 32.2. The lowest BCUT2D eigenvalue weighted by atomic mass is 9.69. The Bertz CT molecular complexity index is 510. The molecular formula is C12H18N2O3S3. The van der Waals surface area contributed by atoms with E-state index in [1.807, 2.05) is 13.2 Å². The van der Waals surface area contributed by atoms with Gasteiger partial charge in [0.2, 0.25) is 5.91 Å². The molecular weight excluding hydrogens is 316 g/mol. The minimum atomic E-state index is -1.61. The average molecular weight is 334 g/mol. The van der Waals surface area contributed by atoms with Crippen molar-refractivity contribution in [2.75, 3.05) is 12.0 Å². The highest BCUT2D eigenvalue weighted by Gasteiger charge is 2.72. The molecule has 2 aliphatic heterocycles. The summed E-state index contributed by atoms with van der Waals surface area (Å²) in [5, 5.41) is 2.53. The zero-order valence-corrected chi connectivity index (χ0v) is 14.2. The standard InChI is InChI=1S/C12H18N2O3S3/c1-4-5-11(2)12(6-7-19-3)8(15)13-10(18)14(9(12)16)20(11)17/h4-7H2,1-3H3,(H,13,15,18). The van der Waals surface area contributed by atoms with Gasteiger partial charge in [0.15, 0.2) is 5.11 Å². The van der Waals surface area contributed by atoms with Gasteiger partial charge in [0.25, 0.3) is 5.91 Å². The van der Waals surface area contributed by atoms with Crippen molar-refractivity contribution < 1.29 is 13.8 Å². The molecule has 1 N–H and O–H groups in total. The first-order valence-corrected chi connectivity index (χ1v) is 9.38. The third-order valence-corrected chi connectivity index (χ3v) is 7.22. The van der Waals surface area contributed by atoms with Crippen LogP contribution in [0.5, 0.6) is 0 Å². The number of hydrogen-bond acceptors (Lipinski definition) is 5. The second-order valence-electron chi connectivity index (χ2n) is 5.24. The van der Waals surface area contributed by atoms with E-state index in [0.717, 1.165) is 10.7 Å². The first kappa shape index (κ1) is 15.9. The quantitative estimate of drug-likeness (QED) is 0.605. The number of hydrogen-bond donors (Lipinski definition) is 1. The predicted octanol–water partition coefficient (Wildman–Crippen LogP) is 1.21. The minimum absolute atomic E-state index is 0.0297. The summed E-state index contributed by atoms with van der Waals surface area (Å²) in [6, 6.07) is 0. The molecule has 2 bridgehead atoms. The van der Waals surface area contributed by atoms with E-state index in [-0.39, 0.29) is 11.0 Å². The van der Waals surface area contributed by atoms with Crippen LogP contribution < -0.4 is 5.32 Å². The third-order valence-electron chi connectivity index (χ3n) is 4.20. The van der Waals surface area contributed by atoms with E-state index in [2.05, 4.69) is 5.32 Å². The molecule has 2 aliphatic rings. The maximum Gasteiger partial charge on any atom is 0.258 e. The molecule has 5 nitrogen and oxygen atoms in total. The fourth-order valence-corrected chi connectivity index (χ4v) is 5.86. The number of rotatable bonds is 5. The molecule has 0 spiro atoms. The second kappa shape index (κ2) is 5.38. The summed E-state index contributed by atoms with van der Waals surface area (Å²) in [5.41, 5.74) is -1.25. The highest BCUT2D eigenvalue weighted by molar-refractivity contribution is 7.98. The molecule has 20 heavy (non-hydrogen) atoms. The highest BCUT2D eigenvalue weighted by Crippen LogP contribution is 2.53. The van der Waals surface area contributed by atoms with Crippen molar-refractivity contribution in [3.8, 4) is 0 Å². The predicted molar refractivity (Wildman–Crippen MR) is 84.5 cm³/mol. The second-order valence-corrected chi connectivity index (χ2v) is 8.37. The number of amides is 2. The molecule has 0 saturated carbocycles. The molecule has 0 radical (unpaired) electrons. The fourth-order valence-electron chi connectivity index (χ4n) is 3.10. The van der Waals surface area contributed by atoms with Crippen LogP contribution in [0.2, 0.25) is 0 Å². The van der Waals surface area contributed by atoms with Gasteiger partial charge in [-0.05, 0) is 44.0 Å². The molecule has 3 atom stereocenters. The van der Waals surface area contributed by atoms with Crippen molar-refractivity contribution in [2.24, 2.45) is 5.41 Å². The van der Waals surface area contributed by atoms with Gasteiger partial charge in [-0.3, -0.25) is 9.59 Å². The lowest BCUT2D eigenvalue weighted by Crippen LogP contribution is -2.62. The largest absolute Gasteiger partial charge is 0.301 e. The van der Waals surface area contributed by atoms with Crippen LogP contribution in [0.15, 0.2) is 0 Å². The lowest BCUT2D eigenvalue weighted by Gasteiger charge is -2.38. The number of carbonyl (C=O) groups excluding carboxylic acids is 2. The summed E-state index contributed by atoms with van der Waals surface area (Å²) < 4.78 is 13.0. The number of nitrogens with zero attached hydrogens (tertiary/aromatic N) is 1. The number of nitrogens with one attached hydrogen (secondary N) is 1. The van der Waals surface area contributed by atoms with Crippen molar-refractivity contribution >= 4 is 51.9 Å². The number of thiocarbonyl (C=S) groups is 1. The Morgan fingerprint density at radius 1 is 1.40 bits per heavy atom. The van der Waals surface area contributed by atoms with Crippen LogP contribution in [0.3, 0.4) is 0 Å². The Labute approximate surface area is 130 Å². The van der Waals surface area contributed by atoms with Crippen molar-refractivity contribution in [3.63, 3.8) is 0 Å². The Morgan fingerprint density at radius 3 is 2.60 bits per heavy atom. The summed E-state index contributed by atoms with van der Waals surface area (Å²) >= 11 is 6.58. The van der Waals surface area contributed by atoms with Crippen LogP contribution in [-0.2, 0) is 20.6 Å². The summed E-state index contributed by atoms with van der Waals surface area (Å²) in [4.78, 5) is 25.3. The van der Waals surface area contributed by atoms with Crippen LogP contribution in [-0.4, -0.2) is 42.2 Å². The van der Waals surface area contributed by atoms with E-state index in [0.29, 0.717) is 18.6 Å². The smallest absolute Gasteiger partial charge is 0.258 e. The van der Waals surface area contributed by atoms with Crippen molar-refractivity contribution in [1.82, 2.24) is 9.62 Å². The molecule has 2 heterocycles. The van der Waals surface area contributed by atoms with Crippen LogP contribution in [0.25, 0.3) is 0 Å². The molecule has 2 amide bonds. The molecule has 0 aliphatic carbocycles. The molecule has 2 saturated heterocycles. The van der Waals surface area contributed by atoms with Gasteiger partial charge in [0, 0.05) is 0 Å².